The predicted molar refractivity (Wildman–Crippen MR) is 92.8 cm³/mol. The van der Waals surface area contributed by atoms with E-state index < -0.39 is 0 Å². The van der Waals surface area contributed by atoms with E-state index in [2.05, 4.69) is 10.1 Å². The summed E-state index contributed by atoms with van der Waals surface area (Å²) in [6.45, 7) is 1.19. The van der Waals surface area contributed by atoms with Crippen LogP contribution < -0.4 is 9.47 Å². The lowest BCUT2D eigenvalue weighted by molar-refractivity contribution is 0.284. The molecule has 1 aromatic heterocycles. The van der Waals surface area contributed by atoms with Crippen molar-refractivity contribution in [3.63, 3.8) is 0 Å². The van der Waals surface area contributed by atoms with Crippen molar-refractivity contribution in [2.24, 2.45) is 0 Å². The van der Waals surface area contributed by atoms with E-state index in [1.54, 1.807) is 18.1 Å². The summed E-state index contributed by atoms with van der Waals surface area (Å²) in [5, 5.41) is 4.06. The summed E-state index contributed by atoms with van der Waals surface area (Å²) < 4.78 is 13.1. The van der Waals surface area contributed by atoms with Crippen molar-refractivity contribution in [3.05, 3.63) is 78.4 Å². The minimum absolute atomic E-state index is 0.513. The van der Waals surface area contributed by atoms with Crippen molar-refractivity contribution in [2.45, 2.75) is 13.2 Å². The molecule has 0 radical (unpaired) electrons. The fourth-order valence-electron chi connectivity index (χ4n) is 2.27. The first-order valence-electron chi connectivity index (χ1n) is 7.69. The van der Waals surface area contributed by atoms with Crippen LogP contribution in [-0.2, 0) is 13.2 Å². The van der Waals surface area contributed by atoms with Gasteiger partial charge in [0.05, 0.1) is 13.7 Å². The van der Waals surface area contributed by atoms with E-state index in [1.807, 2.05) is 60.7 Å². The van der Waals surface area contributed by atoms with Crippen LogP contribution in [0.3, 0.4) is 0 Å². The number of rotatable bonds is 7. The van der Waals surface area contributed by atoms with Gasteiger partial charge in [-0.1, -0.05) is 48.6 Å². The van der Waals surface area contributed by atoms with Gasteiger partial charge in [-0.15, -0.1) is 0 Å². The lowest BCUT2D eigenvalue weighted by Crippen LogP contribution is -1.98. The minimum Gasteiger partial charge on any atom is -0.493 e. The molecule has 0 amide bonds. The van der Waals surface area contributed by atoms with E-state index >= 15 is 0 Å². The minimum atomic E-state index is 0.513. The van der Waals surface area contributed by atoms with E-state index in [0.29, 0.717) is 18.9 Å². The molecule has 0 N–H and O–H groups in total. The second kappa shape index (κ2) is 7.97. The van der Waals surface area contributed by atoms with Crippen molar-refractivity contribution < 1.29 is 9.47 Å². The topological polar surface area (TPSA) is 49.2 Å². The number of ether oxygens (including phenoxy) is 2. The number of allylic oxidation sites excluding steroid dienone is 1. The van der Waals surface area contributed by atoms with Crippen LogP contribution in [0, 0.1) is 0 Å². The molecule has 0 spiro atoms. The van der Waals surface area contributed by atoms with E-state index in [1.165, 1.54) is 6.33 Å². The molecule has 1 heterocycles. The number of methoxy groups -OCH3 is 1. The van der Waals surface area contributed by atoms with Gasteiger partial charge in [-0.05, 0) is 23.3 Å². The molecule has 5 heteroatoms. The molecule has 2 aromatic carbocycles. The smallest absolute Gasteiger partial charge is 0.161 e. The van der Waals surface area contributed by atoms with E-state index in [9.17, 15) is 0 Å². The maximum Gasteiger partial charge on any atom is 0.161 e. The zero-order chi connectivity index (χ0) is 16.6. The van der Waals surface area contributed by atoms with Crippen LogP contribution in [-0.4, -0.2) is 21.9 Å². The van der Waals surface area contributed by atoms with Gasteiger partial charge in [0.1, 0.15) is 19.3 Å². The molecule has 0 bridgehead atoms. The average Bonchev–Trinajstić information content (AvgIpc) is 3.15. The SMILES string of the molecule is COc1cc(C=CCn2cncn2)ccc1OCc1ccccc1. The van der Waals surface area contributed by atoms with Crippen LogP contribution in [0.15, 0.2) is 67.3 Å². The molecule has 122 valence electrons. The van der Waals surface area contributed by atoms with Crippen molar-refractivity contribution in [1.82, 2.24) is 14.8 Å². The maximum absolute atomic E-state index is 5.86. The second-order valence-corrected chi connectivity index (χ2v) is 5.20. The fourth-order valence-corrected chi connectivity index (χ4v) is 2.27. The largest absolute Gasteiger partial charge is 0.493 e. The van der Waals surface area contributed by atoms with Gasteiger partial charge < -0.3 is 9.47 Å². The predicted octanol–water partition coefficient (Wildman–Crippen LogP) is 3.58. The molecule has 0 aliphatic heterocycles. The molecule has 3 aromatic rings. The fraction of sp³-hybridized carbons (Fsp3) is 0.158. The van der Waals surface area contributed by atoms with Crippen LogP contribution in [0.2, 0.25) is 0 Å². The summed E-state index contributed by atoms with van der Waals surface area (Å²) in [6.07, 6.45) is 7.25. The number of benzene rings is 2. The van der Waals surface area contributed by atoms with Gasteiger partial charge in [0.15, 0.2) is 11.5 Å². The molecule has 0 aliphatic carbocycles. The van der Waals surface area contributed by atoms with Crippen molar-refractivity contribution in [2.75, 3.05) is 7.11 Å². The molecular weight excluding hydrogens is 302 g/mol. The van der Waals surface area contributed by atoms with E-state index in [0.717, 1.165) is 16.9 Å². The molecule has 0 atom stereocenters. The number of hydrogen-bond acceptors (Lipinski definition) is 4. The molecule has 0 saturated heterocycles. The Morgan fingerprint density at radius 2 is 1.96 bits per heavy atom. The van der Waals surface area contributed by atoms with Gasteiger partial charge in [-0.3, -0.25) is 0 Å². The van der Waals surface area contributed by atoms with Crippen LogP contribution in [0.25, 0.3) is 6.08 Å². The lowest BCUT2D eigenvalue weighted by atomic mass is 10.2. The van der Waals surface area contributed by atoms with Gasteiger partial charge >= 0.3 is 0 Å². The Kier molecular flexibility index (Phi) is 5.24. The van der Waals surface area contributed by atoms with Gasteiger partial charge in [0, 0.05) is 0 Å². The quantitative estimate of drug-likeness (QED) is 0.667. The standard InChI is InChI=1S/C19H19N3O2/c1-23-19-12-16(8-5-11-22-15-20-14-21-22)9-10-18(19)24-13-17-6-3-2-4-7-17/h2-10,12,14-15H,11,13H2,1H3. The summed E-state index contributed by atoms with van der Waals surface area (Å²) in [7, 11) is 1.65. The van der Waals surface area contributed by atoms with Crippen LogP contribution in [0.4, 0.5) is 0 Å². The second-order valence-electron chi connectivity index (χ2n) is 5.20. The lowest BCUT2D eigenvalue weighted by Gasteiger charge is -2.11. The third-order valence-corrected chi connectivity index (χ3v) is 3.49. The Hall–Kier alpha value is -3.08. The van der Waals surface area contributed by atoms with E-state index in [4.69, 9.17) is 9.47 Å². The first kappa shape index (κ1) is 15.8. The number of hydrogen-bond donors (Lipinski definition) is 0. The summed E-state index contributed by atoms with van der Waals surface area (Å²) in [5.41, 5.74) is 2.16. The zero-order valence-corrected chi connectivity index (χ0v) is 13.5. The highest BCUT2D eigenvalue weighted by Gasteiger charge is 2.05. The average molecular weight is 321 g/mol. The first-order valence-corrected chi connectivity index (χ1v) is 7.69. The van der Waals surface area contributed by atoms with Gasteiger partial charge in [0.2, 0.25) is 0 Å². The van der Waals surface area contributed by atoms with Gasteiger partial charge in [-0.2, -0.15) is 5.10 Å². The highest BCUT2D eigenvalue weighted by Crippen LogP contribution is 2.29. The molecule has 5 nitrogen and oxygen atoms in total. The molecule has 0 saturated carbocycles. The monoisotopic (exact) mass is 321 g/mol. The molecule has 0 unspecified atom stereocenters. The Bertz CT molecular complexity index is 784. The Morgan fingerprint density at radius 3 is 2.71 bits per heavy atom. The zero-order valence-electron chi connectivity index (χ0n) is 13.5. The summed E-state index contributed by atoms with van der Waals surface area (Å²) >= 11 is 0. The van der Waals surface area contributed by atoms with Crippen molar-refractivity contribution >= 4 is 6.08 Å². The van der Waals surface area contributed by atoms with Gasteiger partial charge in [0.25, 0.3) is 0 Å². The highest BCUT2D eigenvalue weighted by molar-refractivity contribution is 5.55. The third kappa shape index (κ3) is 4.23. The van der Waals surface area contributed by atoms with Crippen LogP contribution >= 0.6 is 0 Å². The van der Waals surface area contributed by atoms with Crippen molar-refractivity contribution in [3.8, 4) is 11.5 Å². The maximum atomic E-state index is 5.86. The molecule has 24 heavy (non-hydrogen) atoms. The number of aromatic nitrogens is 3. The van der Waals surface area contributed by atoms with Crippen LogP contribution in [0.5, 0.6) is 11.5 Å². The molecule has 3 rings (SSSR count). The summed E-state index contributed by atoms with van der Waals surface area (Å²) in [6, 6.07) is 15.9. The summed E-state index contributed by atoms with van der Waals surface area (Å²) in [4.78, 5) is 3.91. The Labute approximate surface area is 141 Å². The molecule has 0 aliphatic rings. The van der Waals surface area contributed by atoms with Crippen LogP contribution in [0.1, 0.15) is 11.1 Å². The number of nitrogens with zero attached hydrogens (tertiary/aromatic N) is 3. The van der Waals surface area contributed by atoms with Crippen molar-refractivity contribution in [1.29, 1.82) is 0 Å². The normalized spacial score (nSPS) is 10.9. The molecular formula is C19H19N3O2. The molecule has 0 fully saturated rings. The Morgan fingerprint density at radius 1 is 1.08 bits per heavy atom. The van der Waals surface area contributed by atoms with Gasteiger partial charge in [-0.25, -0.2) is 9.67 Å². The van der Waals surface area contributed by atoms with E-state index in [-0.39, 0.29) is 0 Å². The highest BCUT2D eigenvalue weighted by atomic mass is 16.5. The summed E-state index contributed by atoms with van der Waals surface area (Å²) in [5.74, 6) is 1.45. The Balaban J connectivity index is 1.65. The third-order valence-electron chi connectivity index (χ3n) is 3.49. The first-order chi connectivity index (χ1) is 11.8.